The van der Waals surface area contributed by atoms with Crippen LogP contribution in [0.2, 0.25) is 0 Å². The van der Waals surface area contributed by atoms with Gasteiger partial charge in [-0.15, -0.1) is 0 Å². The molecule has 2 fully saturated rings. The summed E-state index contributed by atoms with van der Waals surface area (Å²) in [4.78, 5) is 52.9. The quantitative estimate of drug-likeness (QED) is 0.411. The highest BCUT2D eigenvalue weighted by molar-refractivity contribution is 5.95. The Labute approximate surface area is 199 Å². The van der Waals surface area contributed by atoms with Gasteiger partial charge in [0.1, 0.15) is 17.2 Å². The van der Waals surface area contributed by atoms with Crippen LogP contribution in [0.5, 0.6) is 0 Å². The van der Waals surface area contributed by atoms with E-state index in [1.807, 2.05) is 12.2 Å². The van der Waals surface area contributed by atoms with E-state index in [-0.39, 0.29) is 32.0 Å². The number of rotatable bonds is 3. The van der Waals surface area contributed by atoms with Gasteiger partial charge in [0.2, 0.25) is 5.91 Å². The molecule has 1 saturated heterocycles. The van der Waals surface area contributed by atoms with Crippen LogP contribution in [0.1, 0.15) is 59.8 Å². The minimum absolute atomic E-state index is 0.0251. The number of hydrazine groups is 1. The maximum atomic E-state index is 13.4. The first kappa shape index (κ1) is 25.8. The third-order valence-electron chi connectivity index (χ3n) is 6.05. The monoisotopic (exact) mass is 480 g/mol. The number of ether oxygens (including phenoxy) is 2. The predicted molar refractivity (Wildman–Crippen MR) is 121 cm³/mol. The number of esters is 1. The summed E-state index contributed by atoms with van der Waals surface area (Å²) >= 11 is 0. The highest BCUT2D eigenvalue weighted by Crippen LogP contribution is 2.46. The largest absolute Gasteiger partial charge is 0.464 e. The van der Waals surface area contributed by atoms with Crippen molar-refractivity contribution >= 4 is 24.0 Å². The highest BCUT2D eigenvalue weighted by atomic mass is 16.6. The highest BCUT2D eigenvalue weighted by Gasteiger charge is 2.62. The van der Waals surface area contributed by atoms with Crippen molar-refractivity contribution in [2.75, 3.05) is 19.7 Å². The van der Waals surface area contributed by atoms with Crippen LogP contribution < -0.4 is 10.7 Å². The molecule has 1 saturated carbocycles. The van der Waals surface area contributed by atoms with E-state index in [9.17, 15) is 24.3 Å². The van der Waals surface area contributed by atoms with Crippen LogP contribution in [0.4, 0.5) is 9.59 Å². The molecule has 11 nitrogen and oxygen atoms in total. The lowest BCUT2D eigenvalue weighted by Gasteiger charge is -2.32. The number of hydrogen-bond donors (Lipinski definition) is 3. The molecule has 2 heterocycles. The molecule has 34 heavy (non-hydrogen) atoms. The average molecular weight is 481 g/mol. The Bertz CT molecular complexity index is 840. The van der Waals surface area contributed by atoms with Gasteiger partial charge in [0, 0.05) is 25.4 Å². The number of amides is 4. The van der Waals surface area contributed by atoms with Crippen LogP contribution in [0, 0.1) is 5.92 Å². The molecule has 2 aliphatic heterocycles. The van der Waals surface area contributed by atoms with Gasteiger partial charge in [-0.3, -0.25) is 4.79 Å². The van der Waals surface area contributed by atoms with Crippen LogP contribution in [-0.2, 0) is 19.1 Å². The minimum atomic E-state index is -1.16. The van der Waals surface area contributed by atoms with E-state index >= 15 is 0 Å². The van der Waals surface area contributed by atoms with E-state index < -0.39 is 47.3 Å². The van der Waals surface area contributed by atoms with E-state index in [2.05, 4.69) is 10.7 Å². The van der Waals surface area contributed by atoms with Gasteiger partial charge < -0.3 is 24.8 Å². The topological polar surface area (TPSA) is 138 Å². The number of nitrogens with one attached hydrogen (secondary N) is 2. The first-order valence-corrected chi connectivity index (χ1v) is 11.9. The second kappa shape index (κ2) is 10.2. The van der Waals surface area contributed by atoms with E-state index in [0.717, 1.165) is 11.4 Å². The van der Waals surface area contributed by atoms with Crippen LogP contribution in [0.3, 0.4) is 0 Å². The number of carbonyl (C=O) groups excluding carboxylic acids is 4. The van der Waals surface area contributed by atoms with Gasteiger partial charge in [-0.25, -0.2) is 24.8 Å². The van der Waals surface area contributed by atoms with Crippen molar-refractivity contribution in [3.63, 3.8) is 0 Å². The summed E-state index contributed by atoms with van der Waals surface area (Å²) in [5.74, 6) is -1.22. The third-order valence-corrected chi connectivity index (χ3v) is 6.05. The van der Waals surface area contributed by atoms with Crippen molar-refractivity contribution in [3.8, 4) is 0 Å². The van der Waals surface area contributed by atoms with Crippen LogP contribution in [0.25, 0.3) is 0 Å². The standard InChI is InChI=1S/C23H36N4O7/c1-5-33-19(30)23-13-15(23)10-8-6-7-9-11-27(25-20(31)34-22(2,3)4)21(32)26-14-16(28)12-17(26)18(29)24-23/h8,10,15-17,28H,5-7,9,11-14H2,1-4H3,(H,24,29)(H,25,31)/t15-,16-,17+,23-/m1/s1. The molecule has 0 spiro atoms. The molecule has 3 aliphatic rings. The molecular formula is C23H36N4O7. The summed E-state index contributed by atoms with van der Waals surface area (Å²) in [7, 11) is 0. The molecular weight excluding hydrogens is 444 g/mol. The van der Waals surface area contributed by atoms with Gasteiger partial charge in [0.15, 0.2) is 0 Å². The van der Waals surface area contributed by atoms with E-state index in [1.165, 1.54) is 4.90 Å². The number of nitrogens with zero attached hydrogens (tertiary/aromatic N) is 2. The van der Waals surface area contributed by atoms with Gasteiger partial charge >= 0.3 is 18.1 Å². The summed E-state index contributed by atoms with van der Waals surface area (Å²) in [5, 5.41) is 14.2. The molecule has 4 amide bonds. The molecule has 11 heteroatoms. The fraction of sp³-hybridized carbons (Fsp3) is 0.739. The van der Waals surface area contributed by atoms with Gasteiger partial charge in [-0.1, -0.05) is 12.2 Å². The van der Waals surface area contributed by atoms with E-state index in [4.69, 9.17) is 9.47 Å². The molecule has 0 aromatic heterocycles. The number of aliphatic hydroxyl groups is 1. The van der Waals surface area contributed by atoms with Crippen LogP contribution >= 0.6 is 0 Å². The fourth-order valence-electron chi connectivity index (χ4n) is 4.34. The average Bonchev–Trinajstić information content (AvgIpc) is 3.28. The summed E-state index contributed by atoms with van der Waals surface area (Å²) in [6, 6.07) is -1.61. The van der Waals surface area contributed by atoms with Crippen molar-refractivity contribution in [2.24, 2.45) is 5.92 Å². The van der Waals surface area contributed by atoms with Gasteiger partial charge in [-0.2, -0.15) is 0 Å². The number of urea groups is 1. The first-order valence-electron chi connectivity index (χ1n) is 11.9. The number of fused-ring (bicyclic) bond motifs is 2. The summed E-state index contributed by atoms with van der Waals surface area (Å²) < 4.78 is 10.5. The maximum absolute atomic E-state index is 13.4. The van der Waals surface area contributed by atoms with Gasteiger partial charge in [-0.05, 0) is 53.4 Å². The smallest absolute Gasteiger partial charge is 0.426 e. The Morgan fingerprint density at radius 2 is 2.03 bits per heavy atom. The van der Waals surface area contributed by atoms with Crippen molar-refractivity contribution in [1.29, 1.82) is 0 Å². The zero-order chi connectivity index (χ0) is 25.1. The lowest BCUT2D eigenvalue weighted by molar-refractivity contribution is -0.149. The van der Waals surface area contributed by atoms with Crippen molar-refractivity contribution in [3.05, 3.63) is 12.2 Å². The normalized spacial score (nSPS) is 30.0. The van der Waals surface area contributed by atoms with E-state index in [1.54, 1.807) is 27.7 Å². The molecule has 190 valence electrons. The van der Waals surface area contributed by atoms with Crippen molar-refractivity contribution < 1.29 is 33.8 Å². The second-order valence-corrected chi connectivity index (χ2v) is 10.0. The predicted octanol–water partition coefficient (Wildman–Crippen LogP) is 1.46. The molecule has 0 radical (unpaired) electrons. The minimum Gasteiger partial charge on any atom is -0.464 e. The Morgan fingerprint density at radius 3 is 2.71 bits per heavy atom. The molecule has 0 unspecified atom stereocenters. The summed E-state index contributed by atoms with van der Waals surface area (Å²) in [6.07, 6.45) is 4.68. The second-order valence-electron chi connectivity index (χ2n) is 10.0. The summed E-state index contributed by atoms with van der Waals surface area (Å²) in [6.45, 7) is 7.17. The maximum Gasteiger partial charge on any atom is 0.426 e. The Morgan fingerprint density at radius 1 is 1.29 bits per heavy atom. The number of hydrogen-bond acceptors (Lipinski definition) is 7. The van der Waals surface area contributed by atoms with Crippen LogP contribution in [-0.4, -0.2) is 82.0 Å². The van der Waals surface area contributed by atoms with Crippen LogP contribution in [0.15, 0.2) is 12.2 Å². The Hall–Kier alpha value is -2.82. The Kier molecular flexibility index (Phi) is 7.74. The molecule has 1 aliphatic carbocycles. The molecule has 3 rings (SSSR count). The molecule has 3 N–H and O–H groups in total. The lowest BCUT2D eigenvalue weighted by atomic mass is 10.1. The summed E-state index contributed by atoms with van der Waals surface area (Å²) in [5.41, 5.74) is 0.565. The molecule has 0 bridgehead atoms. The van der Waals surface area contributed by atoms with Crippen molar-refractivity contribution in [2.45, 2.75) is 83.1 Å². The molecule has 0 aromatic rings. The number of allylic oxidation sites excluding steroid dienone is 1. The van der Waals surface area contributed by atoms with Crippen molar-refractivity contribution in [1.82, 2.24) is 20.7 Å². The van der Waals surface area contributed by atoms with E-state index in [0.29, 0.717) is 19.3 Å². The first-order chi connectivity index (χ1) is 16.0. The third kappa shape index (κ3) is 5.99. The van der Waals surface area contributed by atoms with Gasteiger partial charge in [0.05, 0.1) is 12.7 Å². The lowest BCUT2D eigenvalue weighted by Crippen LogP contribution is -2.58. The molecule has 0 aromatic carbocycles. The fourth-order valence-corrected chi connectivity index (χ4v) is 4.34. The van der Waals surface area contributed by atoms with Gasteiger partial charge in [0.25, 0.3) is 0 Å². The molecule has 4 atom stereocenters. The zero-order valence-electron chi connectivity index (χ0n) is 20.3. The number of carbonyl (C=O) groups is 4. The number of aliphatic hydroxyl groups excluding tert-OH is 1. The SMILES string of the molecule is CCOC(=O)[C@@]12C[C@H]1C=CCCCCN(NC(=O)OC(C)(C)C)C(=O)N1C[C@H](O)C[C@H]1C(=O)N2. The zero-order valence-corrected chi connectivity index (χ0v) is 20.3. The Balaban J connectivity index is 1.84.